The maximum atomic E-state index is 11.0. The van der Waals surface area contributed by atoms with Crippen LogP contribution in [-0.4, -0.2) is 63.1 Å². The van der Waals surface area contributed by atoms with Crippen LogP contribution in [0.1, 0.15) is 13.3 Å². The van der Waals surface area contributed by atoms with E-state index in [-0.39, 0.29) is 6.09 Å². The van der Waals surface area contributed by atoms with Gasteiger partial charge in [-0.05, 0) is 30.9 Å². The summed E-state index contributed by atoms with van der Waals surface area (Å²) in [5.41, 5.74) is 1.37. The van der Waals surface area contributed by atoms with E-state index in [1.807, 2.05) is 11.8 Å². The molecule has 1 heterocycles. The van der Waals surface area contributed by atoms with Crippen LogP contribution in [0.3, 0.4) is 0 Å². The number of carbonyl (C=O) groups is 1. The lowest BCUT2D eigenvalue weighted by molar-refractivity contribution is 0.170. The number of nitrogens with one attached hydrogen (secondary N) is 1. The highest BCUT2D eigenvalue weighted by molar-refractivity contribution is 7.99. The zero-order chi connectivity index (χ0) is 16.5. The van der Waals surface area contributed by atoms with Crippen LogP contribution in [0.4, 0.5) is 10.5 Å². The third-order valence-corrected chi connectivity index (χ3v) is 4.93. The number of methoxy groups -OCH3 is 1. The van der Waals surface area contributed by atoms with Crippen LogP contribution in [0.5, 0.6) is 0 Å². The van der Waals surface area contributed by atoms with Gasteiger partial charge in [0.1, 0.15) is 0 Å². The Morgan fingerprint density at radius 1 is 1.26 bits per heavy atom. The summed E-state index contributed by atoms with van der Waals surface area (Å²) in [5, 5.41) is 2.73. The lowest BCUT2D eigenvalue weighted by Gasteiger charge is -2.37. The van der Waals surface area contributed by atoms with E-state index in [9.17, 15) is 4.79 Å². The molecular weight excluding hydrogens is 310 g/mol. The molecule has 1 fully saturated rings. The van der Waals surface area contributed by atoms with Crippen LogP contribution in [0.15, 0.2) is 29.2 Å². The summed E-state index contributed by atoms with van der Waals surface area (Å²) >= 11 is 1.91. The third-order valence-electron chi connectivity index (χ3n) is 3.98. The molecule has 0 saturated carbocycles. The van der Waals surface area contributed by atoms with Crippen molar-refractivity contribution in [1.29, 1.82) is 0 Å². The molecule has 0 bridgehead atoms. The lowest BCUT2D eigenvalue weighted by atomic mass is 10.2. The first kappa shape index (κ1) is 17.9. The molecule has 128 valence electrons. The Hall–Kier alpha value is -1.40. The molecule has 1 amide bonds. The van der Waals surface area contributed by atoms with Crippen molar-refractivity contribution >= 4 is 23.5 Å². The molecule has 1 N–H and O–H groups in total. The van der Waals surface area contributed by atoms with Crippen molar-refractivity contribution in [2.24, 2.45) is 0 Å². The standard InChI is InChI=1S/C17H27N3O2S/c1-3-23-16-8-5-4-7-15(16)20-13-11-19(12-14-20)10-6-9-18-17(21)22-2/h4-5,7-8H,3,6,9-14H2,1-2H3,(H,18,21). The summed E-state index contributed by atoms with van der Waals surface area (Å²) in [4.78, 5) is 17.3. The number of ether oxygens (including phenoxy) is 1. The Balaban J connectivity index is 1.75. The molecule has 5 nitrogen and oxygen atoms in total. The van der Waals surface area contributed by atoms with Gasteiger partial charge in [0.2, 0.25) is 0 Å². The van der Waals surface area contributed by atoms with E-state index in [1.54, 1.807) is 0 Å². The fourth-order valence-electron chi connectivity index (χ4n) is 2.77. The summed E-state index contributed by atoms with van der Waals surface area (Å²) in [6, 6.07) is 8.69. The molecule has 1 saturated heterocycles. The molecule has 0 aromatic heterocycles. The van der Waals surface area contributed by atoms with Crippen molar-refractivity contribution < 1.29 is 9.53 Å². The quantitative estimate of drug-likeness (QED) is 0.612. The fraction of sp³-hybridized carbons (Fsp3) is 0.588. The number of anilines is 1. The molecule has 6 heteroatoms. The maximum Gasteiger partial charge on any atom is 0.406 e. The minimum Gasteiger partial charge on any atom is -0.453 e. The smallest absolute Gasteiger partial charge is 0.406 e. The molecule has 0 spiro atoms. The average molecular weight is 337 g/mol. The fourth-order valence-corrected chi connectivity index (χ4v) is 3.60. The SMILES string of the molecule is CCSc1ccccc1N1CCN(CCCNC(=O)OC)CC1. The molecule has 1 aromatic carbocycles. The molecule has 23 heavy (non-hydrogen) atoms. The van der Waals surface area contributed by atoms with Crippen molar-refractivity contribution in [3.63, 3.8) is 0 Å². The number of para-hydroxylation sites is 1. The minimum absolute atomic E-state index is 0.347. The molecule has 0 unspecified atom stereocenters. The number of thioether (sulfide) groups is 1. The third kappa shape index (κ3) is 5.62. The predicted molar refractivity (Wildman–Crippen MR) is 96.5 cm³/mol. The van der Waals surface area contributed by atoms with Gasteiger partial charge in [-0.1, -0.05) is 19.1 Å². The summed E-state index contributed by atoms with van der Waals surface area (Å²) in [7, 11) is 1.39. The molecule has 0 aliphatic carbocycles. The molecule has 1 aliphatic heterocycles. The number of piperazine rings is 1. The lowest BCUT2D eigenvalue weighted by Crippen LogP contribution is -2.47. The first-order chi connectivity index (χ1) is 11.2. The van der Waals surface area contributed by atoms with Gasteiger partial charge >= 0.3 is 6.09 Å². The largest absolute Gasteiger partial charge is 0.453 e. The topological polar surface area (TPSA) is 44.8 Å². The van der Waals surface area contributed by atoms with Gasteiger partial charge in [-0.3, -0.25) is 4.90 Å². The second kappa shape index (κ2) is 9.67. The van der Waals surface area contributed by atoms with Crippen molar-refractivity contribution in [2.75, 3.05) is 57.0 Å². The van der Waals surface area contributed by atoms with E-state index >= 15 is 0 Å². The minimum atomic E-state index is -0.347. The summed E-state index contributed by atoms with van der Waals surface area (Å²) in [6.45, 7) is 8.15. The van der Waals surface area contributed by atoms with Crippen molar-refractivity contribution in [3.8, 4) is 0 Å². The maximum absolute atomic E-state index is 11.0. The second-order valence-corrected chi connectivity index (χ2v) is 6.81. The van der Waals surface area contributed by atoms with Gasteiger partial charge in [-0.2, -0.15) is 0 Å². The van der Waals surface area contributed by atoms with Crippen LogP contribution in [-0.2, 0) is 4.74 Å². The zero-order valence-electron chi connectivity index (χ0n) is 14.1. The van der Waals surface area contributed by atoms with Gasteiger partial charge in [-0.15, -0.1) is 11.8 Å². The van der Waals surface area contributed by atoms with Gasteiger partial charge in [0.15, 0.2) is 0 Å². The Labute approximate surface area is 143 Å². The van der Waals surface area contributed by atoms with Gasteiger partial charge in [0, 0.05) is 37.6 Å². The molecular formula is C17H27N3O2S. The number of hydrogen-bond donors (Lipinski definition) is 1. The molecule has 0 atom stereocenters. The highest BCUT2D eigenvalue weighted by Gasteiger charge is 2.18. The molecule has 2 rings (SSSR count). The highest BCUT2D eigenvalue weighted by atomic mass is 32.2. The van der Waals surface area contributed by atoms with Crippen LogP contribution >= 0.6 is 11.8 Å². The van der Waals surface area contributed by atoms with Crippen LogP contribution < -0.4 is 10.2 Å². The van der Waals surface area contributed by atoms with E-state index in [2.05, 4.69) is 51.0 Å². The first-order valence-electron chi connectivity index (χ1n) is 8.25. The van der Waals surface area contributed by atoms with Crippen LogP contribution in [0, 0.1) is 0 Å². The number of alkyl carbamates (subject to hydrolysis) is 1. The Morgan fingerprint density at radius 2 is 2.00 bits per heavy atom. The number of nitrogens with zero attached hydrogens (tertiary/aromatic N) is 2. The van der Waals surface area contributed by atoms with Gasteiger partial charge in [-0.25, -0.2) is 4.79 Å². The number of amides is 1. The van der Waals surface area contributed by atoms with E-state index in [1.165, 1.54) is 17.7 Å². The summed E-state index contributed by atoms with van der Waals surface area (Å²) in [6.07, 6.45) is 0.608. The normalized spacial score (nSPS) is 15.5. The number of benzene rings is 1. The monoisotopic (exact) mass is 337 g/mol. The number of rotatable bonds is 7. The van der Waals surface area contributed by atoms with E-state index < -0.39 is 0 Å². The highest BCUT2D eigenvalue weighted by Crippen LogP contribution is 2.30. The summed E-state index contributed by atoms with van der Waals surface area (Å²) in [5.74, 6) is 1.10. The molecule has 0 radical (unpaired) electrons. The van der Waals surface area contributed by atoms with E-state index in [0.717, 1.165) is 44.9 Å². The van der Waals surface area contributed by atoms with Gasteiger partial charge < -0.3 is 15.0 Å². The van der Waals surface area contributed by atoms with Crippen molar-refractivity contribution in [1.82, 2.24) is 10.2 Å². The molecule has 1 aromatic rings. The van der Waals surface area contributed by atoms with Crippen LogP contribution in [0.2, 0.25) is 0 Å². The average Bonchev–Trinajstić information content (AvgIpc) is 2.60. The first-order valence-corrected chi connectivity index (χ1v) is 9.24. The van der Waals surface area contributed by atoms with Gasteiger partial charge in [0.25, 0.3) is 0 Å². The number of carbonyl (C=O) groups excluding carboxylic acids is 1. The summed E-state index contributed by atoms with van der Waals surface area (Å²) < 4.78 is 4.56. The van der Waals surface area contributed by atoms with Gasteiger partial charge in [0.05, 0.1) is 12.8 Å². The van der Waals surface area contributed by atoms with Crippen molar-refractivity contribution in [2.45, 2.75) is 18.2 Å². The Morgan fingerprint density at radius 3 is 2.70 bits per heavy atom. The zero-order valence-corrected chi connectivity index (χ0v) is 14.9. The number of hydrogen-bond acceptors (Lipinski definition) is 5. The van der Waals surface area contributed by atoms with Crippen molar-refractivity contribution in [3.05, 3.63) is 24.3 Å². The predicted octanol–water partition coefficient (Wildman–Crippen LogP) is 2.67. The van der Waals surface area contributed by atoms with Crippen LogP contribution in [0.25, 0.3) is 0 Å². The second-order valence-electron chi connectivity index (χ2n) is 5.50. The Bertz CT molecular complexity index is 490. The molecule has 1 aliphatic rings. The Kier molecular flexibility index (Phi) is 7.55. The van der Waals surface area contributed by atoms with E-state index in [0.29, 0.717) is 6.54 Å². The van der Waals surface area contributed by atoms with E-state index in [4.69, 9.17) is 0 Å².